The summed E-state index contributed by atoms with van der Waals surface area (Å²) in [7, 11) is 0. The number of anilines is 4. The molecule has 0 atom stereocenters. The Morgan fingerprint density at radius 2 is 1.20 bits per heavy atom. The number of aryl methyl sites for hydroxylation is 2. The van der Waals surface area contributed by atoms with Crippen LogP contribution in [-0.2, 0) is 10.8 Å². The van der Waals surface area contributed by atoms with Gasteiger partial charge in [-0.15, -0.1) is 10.2 Å². The highest BCUT2D eigenvalue weighted by atomic mass is 16.5. The zero-order valence-corrected chi connectivity index (χ0v) is 33.5. The lowest BCUT2D eigenvalue weighted by Crippen LogP contribution is -2.24. The molecule has 2 aromatic heterocycles. The summed E-state index contributed by atoms with van der Waals surface area (Å²) in [4.78, 5) is 4.83. The van der Waals surface area contributed by atoms with Crippen LogP contribution in [0.3, 0.4) is 0 Å². The molecule has 0 bridgehead atoms. The van der Waals surface area contributed by atoms with Crippen LogP contribution in [0.15, 0.2) is 134 Å². The standard InChI is InChI=1S/C49H48N6O/c1-32-14-11-15-33(2)46(32)52-30-50-51-47(52)55-42-21-10-9-20-40(42)41-24-23-39(29-44(41)55)56-38-19-13-18-37(28-38)54-31-53(36-17-12-16-34(26-36)48(3,4)5)43-25-22-35(27-45(43)54)49(6,7)8/h9-30H,31H2,1-8H3. The van der Waals surface area contributed by atoms with Crippen LogP contribution in [0.1, 0.15) is 63.8 Å². The SMILES string of the molecule is Cc1cccc(C)c1-n1cnnc1-n1c2ccccc2c2ccc(Oc3cccc(N4CN(c5cccc(C(C)(C)C)c5)c5ccc(C(C)(C)C)cc54)c3)cc21. The third-order valence-electron chi connectivity index (χ3n) is 11.2. The second kappa shape index (κ2) is 13.2. The normalized spacial score (nSPS) is 13.2. The van der Waals surface area contributed by atoms with E-state index in [1.165, 1.54) is 28.2 Å². The van der Waals surface area contributed by atoms with Gasteiger partial charge in [-0.25, -0.2) is 0 Å². The molecule has 0 fully saturated rings. The highest BCUT2D eigenvalue weighted by Gasteiger charge is 2.31. The fourth-order valence-electron chi connectivity index (χ4n) is 8.12. The van der Waals surface area contributed by atoms with Crippen molar-refractivity contribution in [1.82, 2.24) is 19.3 Å². The summed E-state index contributed by atoms with van der Waals surface area (Å²) >= 11 is 0. The fraction of sp³-hybridized carbons (Fsp3) is 0.224. The molecule has 1 aliphatic rings. The van der Waals surface area contributed by atoms with Gasteiger partial charge >= 0.3 is 0 Å². The number of aromatic nitrogens is 4. The van der Waals surface area contributed by atoms with Gasteiger partial charge in [0.25, 0.3) is 0 Å². The van der Waals surface area contributed by atoms with Crippen molar-refractivity contribution in [2.45, 2.75) is 66.2 Å². The minimum absolute atomic E-state index is 0.0122. The number of para-hydroxylation sites is 2. The average molecular weight is 737 g/mol. The maximum Gasteiger partial charge on any atom is 0.240 e. The van der Waals surface area contributed by atoms with E-state index in [-0.39, 0.29) is 10.8 Å². The van der Waals surface area contributed by atoms with Gasteiger partial charge in [0.1, 0.15) is 24.5 Å². The molecule has 0 saturated heterocycles. The lowest BCUT2D eigenvalue weighted by Gasteiger charge is -2.25. The molecule has 0 spiro atoms. The molecule has 0 N–H and O–H groups in total. The minimum atomic E-state index is 0.0122. The number of rotatable bonds is 6. The van der Waals surface area contributed by atoms with Gasteiger partial charge in [0.2, 0.25) is 5.95 Å². The Kier molecular flexibility index (Phi) is 8.31. The number of benzene rings is 6. The summed E-state index contributed by atoms with van der Waals surface area (Å²) < 4.78 is 11.0. The number of ether oxygens (including phenoxy) is 1. The molecule has 7 nitrogen and oxygen atoms in total. The molecular formula is C49H48N6O. The summed E-state index contributed by atoms with van der Waals surface area (Å²) in [5.74, 6) is 2.24. The fourth-order valence-corrected chi connectivity index (χ4v) is 8.12. The molecule has 6 aromatic carbocycles. The van der Waals surface area contributed by atoms with Gasteiger partial charge in [0.15, 0.2) is 0 Å². The molecule has 0 unspecified atom stereocenters. The van der Waals surface area contributed by atoms with E-state index in [1.54, 1.807) is 6.33 Å². The Bertz CT molecular complexity index is 2760. The second-order valence-electron chi connectivity index (χ2n) is 17.1. The predicted octanol–water partition coefficient (Wildman–Crippen LogP) is 12.6. The zero-order chi connectivity index (χ0) is 38.9. The van der Waals surface area contributed by atoms with E-state index in [0.717, 1.165) is 61.8 Å². The molecule has 0 radical (unpaired) electrons. The van der Waals surface area contributed by atoms with Crippen molar-refractivity contribution in [2.24, 2.45) is 0 Å². The van der Waals surface area contributed by atoms with Crippen molar-refractivity contribution in [3.63, 3.8) is 0 Å². The van der Waals surface area contributed by atoms with Gasteiger partial charge < -0.3 is 14.5 Å². The van der Waals surface area contributed by atoms with E-state index in [0.29, 0.717) is 6.67 Å². The third kappa shape index (κ3) is 6.08. The first-order valence-electron chi connectivity index (χ1n) is 19.4. The highest BCUT2D eigenvalue weighted by Crippen LogP contribution is 2.47. The van der Waals surface area contributed by atoms with E-state index in [9.17, 15) is 0 Å². The Balaban J connectivity index is 1.11. The summed E-state index contributed by atoms with van der Waals surface area (Å²) in [5.41, 5.74) is 12.8. The molecule has 3 heterocycles. The van der Waals surface area contributed by atoms with Crippen LogP contribution in [0.25, 0.3) is 33.4 Å². The van der Waals surface area contributed by atoms with Crippen molar-refractivity contribution in [2.75, 3.05) is 16.5 Å². The van der Waals surface area contributed by atoms with Crippen LogP contribution in [0.5, 0.6) is 11.5 Å². The third-order valence-corrected chi connectivity index (χ3v) is 11.2. The maximum atomic E-state index is 6.74. The van der Waals surface area contributed by atoms with E-state index in [1.807, 2.05) is 6.07 Å². The summed E-state index contributed by atoms with van der Waals surface area (Å²) in [6.07, 6.45) is 1.81. The lowest BCUT2D eigenvalue weighted by atomic mass is 9.86. The van der Waals surface area contributed by atoms with Crippen molar-refractivity contribution >= 4 is 44.6 Å². The van der Waals surface area contributed by atoms with Crippen LogP contribution in [0.4, 0.5) is 22.7 Å². The number of nitrogens with zero attached hydrogens (tertiary/aromatic N) is 6. The van der Waals surface area contributed by atoms with Crippen LogP contribution >= 0.6 is 0 Å². The van der Waals surface area contributed by atoms with Crippen LogP contribution in [0, 0.1) is 13.8 Å². The first-order chi connectivity index (χ1) is 26.8. The molecule has 0 aliphatic carbocycles. The van der Waals surface area contributed by atoms with E-state index in [2.05, 4.69) is 201 Å². The van der Waals surface area contributed by atoms with Gasteiger partial charge in [-0.3, -0.25) is 9.13 Å². The Morgan fingerprint density at radius 3 is 1.96 bits per heavy atom. The second-order valence-corrected chi connectivity index (χ2v) is 17.1. The topological polar surface area (TPSA) is 51.4 Å². The first-order valence-corrected chi connectivity index (χ1v) is 19.4. The molecular weight excluding hydrogens is 689 g/mol. The van der Waals surface area contributed by atoms with Gasteiger partial charge in [-0.1, -0.05) is 102 Å². The van der Waals surface area contributed by atoms with Gasteiger partial charge in [-0.05, 0) is 102 Å². The Hall–Kier alpha value is -6.34. The quantitative estimate of drug-likeness (QED) is 0.170. The van der Waals surface area contributed by atoms with Crippen molar-refractivity contribution in [1.29, 1.82) is 0 Å². The lowest BCUT2D eigenvalue weighted by molar-refractivity contribution is 0.483. The van der Waals surface area contributed by atoms with Crippen molar-refractivity contribution in [3.8, 4) is 23.1 Å². The van der Waals surface area contributed by atoms with Gasteiger partial charge in [-0.2, -0.15) is 0 Å². The Labute approximate surface area is 329 Å². The Morgan fingerprint density at radius 1 is 0.554 bits per heavy atom. The van der Waals surface area contributed by atoms with Crippen molar-refractivity contribution in [3.05, 3.63) is 156 Å². The first kappa shape index (κ1) is 35.4. The molecule has 0 saturated carbocycles. The van der Waals surface area contributed by atoms with Crippen LogP contribution in [-0.4, -0.2) is 26.0 Å². The zero-order valence-electron chi connectivity index (χ0n) is 33.5. The molecule has 8 aromatic rings. The van der Waals surface area contributed by atoms with Crippen LogP contribution in [0.2, 0.25) is 0 Å². The smallest absolute Gasteiger partial charge is 0.240 e. The van der Waals surface area contributed by atoms with Gasteiger partial charge in [0.05, 0.1) is 28.1 Å². The molecule has 9 rings (SSSR count). The van der Waals surface area contributed by atoms with Crippen molar-refractivity contribution < 1.29 is 4.74 Å². The maximum absolute atomic E-state index is 6.74. The minimum Gasteiger partial charge on any atom is -0.457 e. The molecule has 56 heavy (non-hydrogen) atoms. The average Bonchev–Trinajstić information content (AvgIpc) is 3.88. The van der Waals surface area contributed by atoms with Crippen LogP contribution < -0.4 is 14.5 Å². The molecule has 1 aliphatic heterocycles. The van der Waals surface area contributed by atoms with E-state index >= 15 is 0 Å². The van der Waals surface area contributed by atoms with E-state index in [4.69, 9.17) is 9.84 Å². The number of fused-ring (bicyclic) bond motifs is 4. The number of hydrogen-bond acceptors (Lipinski definition) is 5. The van der Waals surface area contributed by atoms with Gasteiger partial charge in [0, 0.05) is 34.3 Å². The molecule has 7 heteroatoms. The highest BCUT2D eigenvalue weighted by molar-refractivity contribution is 6.09. The monoisotopic (exact) mass is 736 g/mol. The number of hydrogen-bond donors (Lipinski definition) is 0. The van der Waals surface area contributed by atoms with E-state index < -0.39 is 0 Å². The summed E-state index contributed by atoms with van der Waals surface area (Å²) in [6.45, 7) is 18.6. The summed E-state index contributed by atoms with van der Waals surface area (Å²) in [6, 6.07) is 45.5. The largest absolute Gasteiger partial charge is 0.457 e. The predicted molar refractivity (Wildman–Crippen MR) is 231 cm³/mol. The molecule has 280 valence electrons. The molecule has 0 amide bonds. The summed E-state index contributed by atoms with van der Waals surface area (Å²) in [5, 5.41) is 11.4.